The van der Waals surface area contributed by atoms with Crippen LogP contribution in [0.4, 0.5) is 4.39 Å². The Balaban J connectivity index is 2.00. The van der Waals surface area contributed by atoms with E-state index < -0.39 is 17.8 Å². The number of hydrogen-bond donors (Lipinski definition) is 1. The molecule has 6 heteroatoms. The maximum absolute atomic E-state index is 14.5. The van der Waals surface area contributed by atoms with Crippen molar-refractivity contribution >= 4 is 21.8 Å². The van der Waals surface area contributed by atoms with Crippen molar-refractivity contribution in [2.75, 3.05) is 0 Å². The van der Waals surface area contributed by atoms with Crippen LogP contribution >= 0.6 is 15.9 Å². The van der Waals surface area contributed by atoms with Crippen LogP contribution in [0.15, 0.2) is 77.4 Å². The number of carbonyl (C=O) groups is 1. The molecule has 0 saturated carbocycles. The molecule has 3 aromatic rings. The average molecular weight is 401 g/mol. The van der Waals surface area contributed by atoms with Gasteiger partial charge >= 0.3 is 5.91 Å². The quantitative estimate of drug-likeness (QED) is 0.535. The van der Waals surface area contributed by atoms with E-state index in [-0.39, 0.29) is 5.69 Å². The van der Waals surface area contributed by atoms with Crippen LogP contribution < -0.4 is 10.0 Å². The SMILES string of the molecule is O=C(N[C@@H](c1ccccc1)c1ccc(Br)cc1F)c1cccc[n+]1[O-]. The standard InChI is InChI=1S/C19H14BrFN2O2/c20-14-9-10-15(16(21)12-14)18(13-6-2-1-3-7-13)22-19(24)17-8-4-5-11-23(17)25/h1-12,18H,(H,22,24)/t18-/m0/s1. The molecule has 1 heterocycles. The van der Waals surface area contributed by atoms with Crippen LogP contribution in [0, 0.1) is 11.0 Å². The Morgan fingerprint density at radius 2 is 1.80 bits per heavy atom. The minimum absolute atomic E-state index is 0.0547. The van der Waals surface area contributed by atoms with Crippen molar-refractivity contribution in [1.29, 1.82) is 0 Å². The molecule has 0 aliphatic carbocycles. The fourth-order valence-electron chi connectivity index (χ4n) is 2.53. The van der Waals surface area contributed by atoms with Gasteiger partial charge in [0.1, 0.15) is 5.82 Å². The number of rotatable bonds is 4. The zero-order chi connectivity index (χ0) is 17.8. The van der Waals surface area contributed by atoms with Gasteiger partial charge in [0.05, 0.1) is 6.04 Å². The summed E-state index contributed by atoms with van der Waals surface area (Å²) in [6.07, 6.45) is 1.24. The van der Waals surface area contributed by atoms with Crippen molar-refractivity contribution in [3.8, 4) is 0 Å². The third kappa shape index (κ3) is 3.85. The average Bonchev–Trinajstić information content (AvgIpc) is 2.61. The number of carbonyl (C=O) groups excluding carboxylic acids is 1. The Morgan fingerprint density at radius 3 is 2.48 bits per heavy atom. The van der Waals surface area contributed by atoms with E-state index in [0.717, 1.165) is 0 Å². The molecule has 1 aromatic heterocycles. The highest BCUT2D eigenvalue weighted by Crippen LogP contribution is 2.26. The molecule has 25 heavy (non-hydrogen) atoms. The van der Waals surface area contributed by atoms with E-state index in [9.17, 15) is 14.4 Å². The Morgan fingerprint density at radius 1 is 1.08 bits per heavy atom. The molecule has 0 spiro atoms. The largest absolute Gasteiger partial charge is 0.618 e. The van der Waals surface area contributed by atoms with Gasteiger partial charge in [-0.25, -0.2) is 4.39 Å². The fraction of sp³-hybridized carbons (Fsp3) is 0.0526. The van der Waals surface area contributed by atoms with Gasteiger partial charge in [0.25, 0.3) is 5.69 Å². The van der Waals surface area contributed by atoms with Crippen LogP contribution in [0.3, 0.4) is 0 Å². The Bertz CT molecular complexity index is 903. The zero-order valence-corrected chi connectivity index (χ0v) is 14.6. The highest BCUT2D eigenvalue weighted by molar-refractivity contribution is 9.10. The van der Waals surface area contributed by atoms with Gasteiger partial charge in [-0.3, -0.25) is 4.79 Å². The maximum Gasteiger partial charge on any atom is 0.318 e. The molecule has 2 aromatic carbocycles. The van der Waals surface area contributed by atoms with E-state index in [1.165, 1.54) is 24.4 Å². The summed E-state index contributed by atoms with van der Waals surface area (Å²) in [7, 11) is 0. The second-order valence-electron chi connectivity index (χ2n) is 5.39. The van der Waals surface area contributed by atoms with Crippen LogP contribution in [0.1, 0.15) is 27.7 Å². The highest BCUT2D eigenvalue weighted by Gasteiger charge is 2.24. The molecule has 0 bridgehead atoms. The van der Waals surface area contributed by atoms with Gasteiger partial charge in [-0.1, -0.05) is 52.3 Å². The van der Waals surface area contributed by atoms with Gasteiger partial charge < -0.3 is 10.5 Å². The van der Waals surface area contributed by atoms with Crippen LogP contribution in [0.25, 0.3) is 0 Å². The first-order valence-electron chi connectivity index (χ1n) is 7.55. The summed E-state index contributed by atoms with van der Waals surface area (Å²) in [6, 6.07) is 17.5. The molecule has 1 atom stereocenters. The number of nitrogens with zero attached hydrogens (tertiary/aromatic N) is 1. The molecule has 1 N–H and O–H groups in total. The third-order valence-corrected chi connectivity index (χ3v) is 4.23. The van der Waals surface area contributed by atoms with Crippen molar-refractivity contribution < 1.29 is 13.9 Å². The molecule has 126 valence electrons. The van der Waals surface area contributed by atoms with Crippen molar-refractivity contribution in [2.24, 2.45) is 0 Å². The number of amides is 1. The monoisotopic (exact) mass is 400 g/mol. The Kier molecular flexibility index (Phi) is 5.09. The molecule has 0 aliphatic heterocycles. The fourth-order valence-corrected chi connectivity index (χ4v) is 2.86. The van der Waals surface area contributed by atoms with E-state index in [4.69, 9.17) is 0 Å². The minimum Gasteiger partial charge on any atom is -0.618 e. The van der Waals surface area contributed by atoms with Crippen LogP contribution in [-0.2, 0) is 0 Å². The highest BCUT2D eigenvalue weighted by atomic mass is 79.9. The van der Waals surface area contributed by atoms with E-state index in [2.05, 4.69) is 21.2 Å². The van der Waals surface area contributed by atoms with Crippen molar-refractivity contribution in [1.82, 2.24) is 5.32 Å². The number of benzene rings is 2. The normalized spacial score (nSPS) is 11.8. The van der Waals surface area contributed by atoms with Crippen molar-refractivity contribution in [3.05, 3.63) is 105 Å². The van der Waals surface area contributed by atoms with Gasteiger partial charge in [-0.05, 0) is 23.8 Å². The topological polar surface area (TPSA) is 56.0 Å². The van der Waals surface area contributed by atoms with Gasteiger partial charge in [-0.15, -0.1) is 0 Å². The Hall–Kier alpha value is -2.73. The summed E-state index contributed by atoms with van der Waals surface area (Å²) < 4.78 is 15.6. The first-order chi connectivity index (χ1) is 12.1. The number of aromatic nitrogens is 1. The zero-order valence-electron chi connectivity index (χ0n) is 13.0. The predicted molar refractivity (Wildman–Crippen MR) is 95.3 cm³/mol. The smallest absolute Gasteiger partial charge is 0.318 e. The molecule has 0 radical (unpaired) electrons. The molecule has 1 amide bonds. The van der Waals surface area contributed by atoms with Gasteiger partial charge in [-0.2, -0.15) is 4.73 Å². The summed E-state index contributed by atoms with van der Waals surface area (Å²) in [5.41, 5.74) is 0.975. The number of halogens is 2. The van der Waals surface area contributed by atoms with Gasteiger partial charge in [0.2, 0.25) is 0 Å². The first-order valence-corrected chi connectivity index (χ1v) is 8.34. The second kappa shape index (κ2) is 7.44. The van der Waals surface area contributed by atoms with E-state index in [0.29, 0.717) is 20.3 Å². The lowest BCUT2D eigenvalue weighted by Gasteiger charge is -2.20. The van der Waals surface area contributed by atoms with Crippen molar-refractivity contribution in [2.45, 2.75) is 6.04 Å². The number of pyridine rings is 1. The predicted octanol–water partition coefficient (Wildman–Crippen LogP) is 3.74. The summed E-state index contributed by atoms with van der Waals surface area (Å²) in [4.78, 5) is 12.5. The number of hydrogen-bond acceptors (Lipinski definition) is 2. The summed E-state index contributed by atoms with van der Waals surface area (Å²) in [5.74, 6) is -1.03. The maximum atomic E-state index is 14.5. The van der Waals surface area contributed by atoms with Crippen LogP contribution in [0.5, 0.6) is 0 Å². The van der Waals surface area contributed by atoms with E-state index >= 15 is 0 Å². The van der Waals surface area contributed by atoms with E-state index in [1.54, 1.807) is 30.3 Å². The van der Waals surface area contributed by atoms with Crippen LogP contribution in [-0.4, -0.2) is 5.91 Å². The lowest BCUT2D eigenvalue weighted by Crippen LogP contribution is -2.40. The van der Waals surface area contributed by atoms with Crippen LogP contribution in [0.2, 0.25) is 0 Å². The summed E-state index contributed by atoms with van der Waals surface area (Å²) in [5, 5.41) is 14.6. The Labute approximate surface area is 152 Å². The first kappa shape index (κ1) is 17.1. The molecule has 4 nitrogen and oxygen atoms in total. The molecule has 0 fully saturated rings. The summed E-state index contributed by atoms with van der Waals surface area (Å²) in [6.45, 7) is 0. The third-order valence-electron chi connectivity index (χ3n) is 3.74. The molecule has 0 saturated heterocycles. The lowest BCUT2D eigenvalue weighted by molar-refractivity contribution is -0.607. The summed E-state index contributed by atoms with van der Waals surface area (Å²) >= 11 is 3.23. The second-order valence-corrected chi connectivity index (χ2v) is 6.31. The molecular weight excluding hydrogens is 387 g/mol. The van der Waals surface area contributed by atoms with E-state index in [1.807, 2.05) is 18.2 Å². The van der Waals surface area contributed by atoms with Gasteiger partial charge in [0.15, 0.2) is 6.20 Å². The molecule has 0 aliphatic rings. The number of nitrogens with one attached hydrogen (secondary N) is 1. The molecule has 0 unspecified atom stereocenters. The lowest BCUT2D eigenvalue weighted by atomic mass is 9.98. The van der Waals surface area contributed by atoms with Gasteiger partial charge in [0, 0.05) is 22.2 Å². The molecular formula is C19H14BrFN2O2. The minimum atomic E-state index is -0.720. The molecule has 3 rings (SSSR count). The van der Waals surface area contributed by atoms with Crippen molar-refractivity contribution in [3.63, 3.8) is 0 Å².